The maximum atomic E-state index is 14.5. The highest BCUT2D eigenvalue weighted by atomic mass is 32.2. The Morgan fingerprint density at radius 2 is 2.00 bits per heavy atom. The average molecular weight is 425 g/mol. The number of nitrogens with one attached hydrogen (secondary N) is 1. The Morgan fingerprint density at radius 3 is 2.68 bits per heavy atom. The molecule has 28 heavy (non-hydrogen) atoms. The van der Waals surface area contributed by atoms with Crippen LogP contribution in [0.4, 0.5) is 10.1 Å². The van der Waals surface area contributed by atoms with Gasteiger partial charge in [-0.25, -0.2) is 12.8 Å². The number of carbonyl (C=O) groups is 1. The van der Waals surface area contributed by atoms with E-state index in [2.05, 4.69) is 5.32 Å². The van der Waals surface area contributed by atoms with Gasteiger partial charge in [0.15, 0.2) is 0 Å². The number of ether oxygens (including phenoxy) is 1. The molecule has 1 amide bonds. The second-order valence-corrected chi connectivity index (χ2v) is 9.30. The van der Waals surface area contributed by atoms with Crippen LogP contribution >= 0.6 is 11.8 Å². The summed E-state index contributed by atoms with van der Waals surface area (Å²) in [6.07, 6.45) is 2.55. The molecular weight excluding hydrogens is 403 g/mol. The van der Waals surface area contributed by atoms with Crippen molar-refractivity contribution in [3.8, 4) is 5.75 Å². The van der Waals surface area contributed by atoms with Crippen LogP contribution < -0.4 is 10.1 Å². The second-order valence-electron chi connectivity index (χ2n) is 6.44. The first-order valence-corrected chi connectivity index (χ1v) is 11.2. The molecule has 6 nitrogen and oxygen atoms in total. The lowest BCUT2D eigenvalue weighted by Crippen LogP contribution is -2.28. The van der Waals surface area contributed by atoms with Gasteiger partial charge in [-0.2, -0.15) is 4.31 Å². The van der Waals surface area contributed by atoms with E-state index in [9.17, 15) is 17.6 Å². The maximum absolute atomic E-state index is 14.5. The summed E-state index contributed by atoms with van der Waals surface area (Å²) in [5.74, 6) is -0.433. The van der Waals surface area contributed by atoms with Gasteiger partial charge in [0, 0.05) is 30.6 Å². The minimum atomic E-state index is -4.05. The standard InChI is InChI=1S/C19H21FN2O4S2/c1-22(11-12-4-6-17(27-3)16(8-12)26-2)28(24,25)18-9-13-5-7-19(23)21-15(13)10-14(18)20/h4,6,8-10H,5,7,11H2,1-3H3,(H,21,23). The van der Waals surface area contributed by atoms with Gasteiger partial charge in [0.1, 0.15) is 16.5 Å². The van der Waals surface area contributed by atoms with E-state index in [-0.39, 0.29) is 18.9 Å². The number of sulfonamides is 1. The summed E-state index contributed by atoms with van der Waals surface area (Å²) in [7, 11) is -1.09. The molecule has 0 spiro atoms. The van der Waals surface area contributed by atoms with E-state index in [4.69, 9.17) is 4.74 Å². The molecule has 0 atom stereocenters. The monoisotopic (exact) mass is 424 g/mol. The Balaban J connectivity index is 1.89. The summed E-state index contributed by atoms with van der Waals surface area (Å²) in [5.41, 5.74) is 1.66. The number of benzene rings is 2. The van der Waals surface area contributed by atoms with Crippen LogP contribution in [0.15, 0.2) is 40.1 Å². The van der Waals surface area contributed by atoms with Crippen LogP contribution in [0.5, 0.6) is 5.75 Å². The van der Waals surface area contributed by atoms with E-state index in [1.165, 1.54) is 24.9 Å². The Kier molecular flexibility index (Phi) is 5.97. The van der Waals surface area contributed by atoms with E-state index < -0.39 is 20.7 Å². The number of fused-ring (bicyclic) bond motifs is 1. The number of amides is 1. The minimum absolute atomic E-state index is 0.0701. The van der Waals surface area contributed by atoms with Crippen molar-refractivity contribution in [1.82, 2.24) is 4.31 Å². The zero-order valence-corrected chi connectivity index (χ0v) is 17.4. The molecule has 0 unspecified atom stereocenters. The minimum Gasteiger partial charge on any atom is -0.496 e. The van der Waals surface area contributed by atoms with Crippen LogP contribution in [-0.4, -0.2) is 39.0 Å². The number of nitrogens with zero attached hydrogens (tertiary/aromatic N) is 1. The molecule has 1 N–H and O–H groups in total. The van der Waals surface area contributed by atoms with E-state index >= 15 is 0 Å². The molecule has 0 saturated carbocycles. The highest BCUT2D eigenvalue weighted by molar-refractivity contribution is 7.98. The third kappa shape index (κ3) is 4.01. The molecule has 3 rings (SSSR count). The zero-order valence-electron chi connectivity index (χ0n) is 15.8. The quantitative estimate of drug-likeness (QED) is 0.721. The number of hydrogen-bond acceptors (Lipinski definition) is 5. The molecule has 0 fully saturated rings. The molecule has 0 saturated heterocycles. The van der Waals surface area contributed by atoms with Crippen molar-refractivity contribution in [2.45, 2.75) is 29.2 Å². The lowest BCUT2D eigenvalue weighted by atomic mass is 10.0. The van der Waals surface area contributed by atoms with Crippen LogP contribution in [0.1, 0.15) is 17.5 Å². The van der Waals surface area contributed by atoms with Crippen molar-refractivity contribution in [1.29, 1.82) is 0 Å². The number of anilines is 1. The molecule has 1 aliphatic rings. The van der Waals surface area contributed by atoms with Gasteiger partial charge in [0.25, 0.3) is 0 Å². The van der Waals surface area contributed by atoms with Gasteiger partial charge in [-0.05, 0) is 48.1 Å². The summed E-state index contributed by atoms with van der Waals surface area (Å²) in [5, 5.41) is 2.57. The van der Waals surface area contributed by atoms with Crippen molar-refractivity contribution in [2.75, 3.05) is 25.7 Å². The van der Waals surface area contributed by atoms with E-state index in [0.717, 1.165) is 20.8 Å². The topological polar surface area (TPSA) is 75.7 Å². The summed E-state index contributed by atoms with van der Waals surface area (Å²) in [6, 6.07) is 7.84. The maximum Gasteiger partial charge on any atom is 0.246 e. The number of carbonyl (C=O) groups excluding carboxylic acids is 1. The molecule has 2 aromatic carbocycles. The highest BCUT2D eigenvalue weighted by Crippen LogP contribution is 2.31. The van der Waals surface area contributed by atoms with Crippen molar-refractivity contribution in [3.05, 3.63) is 47.3 Å². The lowest BCUT2D eigenvalue weighted by molar-refractivity contribution is -0.116. The zero-order chi connectivity index (χ0) is 20.5. The number of halogens is 1. The molecule has 0 aromatic heterocycles. The normalized spacial score (nSPS) is 14.0. The van der Waals surface area contributed by atoms with E-state index in [1.54, 1.807) is 13.2 Å². The summed E-state index contributed by atoms with van der Waals surface area (Å²) in [4.78, 5) is 12.0. The van der Waals surface area contributed by atoms with Gasteiger partial charge in [-0.3, -0.25) is 4.79 Å². The Morgan fingerprint density at radius 1 is 1.25 bits per heavy atom. The second kappa shape index (κ2) is 8.10. The summed E-state index contributed by atoms with van der Waals surface area (Å²) >= 11 is 1.53. The van der Waals surface area contributed by atoms with Gasteiger partial charge < -0.3 is 10.1 Å². The molecule has 0 radical (unpaired) electrons. The Hall–Kier alpha value is -2.10. The van der Waals surface area contributed by atoms with Gasteiger partial charge in [-0.1, -0.05) is 6.07 Å². The average Bonchev–Trinajstić information content (AvgIpc) is 2.66. The largest absolute Gasteiger partial charge is 0.496 e. The van der Waals surface area contributed by atoms with Crippen molar-refractivity contribution in [2.24, 2.45) is 0 Å². The molecule has 9 heteroatoms. The van der Waals surface area contributed by atoms with Crippen LogP contribution in [0, 0.1) is 5.82 Å². The van der Waals surface area contributed by atoms with Crippen molar-refractivity contribution >= 4 is 33.4 Å². The number of aryl methyl sites for hydroxylation is 1. The van der Waals surface area contributed by atoms with Gasteiger partial charge in [-0.15, -0.1) is 11.8 Å². The highest BCUT2D eigenvalue weighted by Gasteiger charge is 2.28. The molecule has 1 aliphatic heterocycles. The van der Waals surface area contributed by atoms with E-state index in [1.807, 2.05) is 18.4 Å². The Bertz CT molecular complexity index is 1020. The SMILES string of the molecule is COc1cc(CN(C)S(=O)(=O)c2cc3c(cc2F)NC(=O)CC3)ccc1SC. The molecule has 0 bridgehead atoms. The molecule has 2 aromatic rings. The smallest absolute Gasteiger partial charge is 0.246 e. The first kappa shape index (κ1) is 20.6. The van der Waals surface area contributed by atoms with Crippen LogP contribution in [0.25, 0.3) is 0 Å². The molecular formula is C19H21FN2O4S2. The number of rotatable bonds is 6. The first-order valence-electron chi connectivity index (χ1n) is 8.55. The fourth-order valence-electron chi connectivity index (χ4n) is 3.07. The van der Waals surface area contributed by atoms with E-state index in [0.29, 0.717) is 23.4 Å². The van der Waals surface area contributed by atoms with Gasteiger partial charge >= 0.3 is 0 Å². The van der Waals surface area contributed by atoms with Gasteiger partial charge in [0.05, 0.1) is 7.11 Å². The Labute approximate surface area is 168 Å². The first-order chi connectivity index (χ1) is 13.3. The third-order valence-electron chi connectivity index (χ3n) is 4.59. The number of hydrogen-bond donors (Lipinski definition) is 1. The third-order valence-corrected chi connectivity index (χ3v) is 7.19. The summed E-state index contributed by atoms with van der Waals surface area (Å²) < 4.78 is 46.9. The van der Waals surface area contributed by atoms with Crippen LogP contribution in [0.3, 0.4) is 0 Å². The fourth-order valence-corrected chi connectivity index (χ4v) is 4.87. The predicted octanol–water partition coefficient (Wildman–Crippen LogP) is 3.26. The van der Waals surface area contributed by atoms with Crippen molar-refractivity contribution < 1.29 is 22.3 Å². The lowest BCUT2D eigenvalue weighted by Gasteiger charge is -2.21. The van der Waals surface area contributed by atoms with Crippen molar-refractivity contribution in [3.63, 3.8) is 0 Å². The predicted molar refractivity (Wildman–Crippen MR) is 107 cm³/mol. The number of thioether (sulfide) groups is 1. The van der Waals surface area contributed by atoms with Gasteiger partial charge in [0.2, 0.25) is 15.9 Å². The molecule has 0 aliphatic carbocycles. The molecule has 1 heterocycles. The fraction of sp³-hybridized carbons (Fsp3) is 0.316. The van der Waals surface area contributed by atoms with Crippen LogP contribution in [-0.2, 0) is 27.8 Å². The molecule has 150 valence electrons. The summed E-state index contributed by atoms with van der Waals surface area (Å²) in [6.45, 7) is 0.0701. The number of methoxy groups -OCH3 is 1. The van der Waals surface area contributed by atoms with Crippen LogP contribution in [0.2, 0.25) is 0 Å².